The largest absolute Gasteiger partial charge is 0.370 e. The summed E-state index contributed by atoms with van der Waals surface area (Å²) in [7, 11) is -3.48. The number of amides is 1. The van der Waals surface area contributed by atoms with Crippen LogP contribution in [0.1, 0.15) is 35.2 Å². The van der Waals surface area contributed by atoms with Gasteiger partial charge in [-0.15, -0.1) is 0 Å². The first kappa shape index (κ1) is 21.1. The lowest BCUT2D eigenvalue weighted by atomic mass is 10.1. The van der Waals surface area contributed by atoms with E-state index in [0.717, 1.165) is 18.8 Å². The third-order valence-corrected chi connectivity index (χ3v) is 7.06. The maximum atomic E-state index is 12.7. The second-order valence-corrected chi connectivity index (χ2v) is 9.67. The van der Waals surface area contributed by atoms with Crippen LogP contribution in [0.4, 0.5) is 11.5 Å². The Hall–Kier alpha value is -3.19. The van der Waals surface area contributed by atoms with Gasteiger partial charge in [-0.1, -0.05) is 30.3 Å². The lowest BCUT2D eigenvalue weighted by molar-refractivity contribution is 0.102. The normalized spacial score (nSPS) is 14.3. The lowest BCUT2D eigenvalue weighted by Crippen LogP contribution is -2.29. The first-order valence-corrected chi connectivity index (χ1v) is 12.1. The number of nitrogens with one attached hydrogen (secondary N) is 1. The van der Waals surface area contributed by atoms with Crippen molar-refractivity contribution in [3.8, 4) is 0 Å². The molecule has 0 saturated carbocycles. The maximum absolute atomic E-state index is 12.7. The van der Waals surface area contributed by atoms with Gasteiger partial charge in [-0.05, 0) is 61.2 Å². The van der Waals surface area contributed by atoms with Gasteiger partial charge in [0.2, 0.25) is 0 Å². The molecule has 6 nitrogen and oxygen atoms in total. The van der Waals surface area contributed by atoms with Crippen LogP contribution in [0.3, 0.4) is 0 Å². The van der Waals surface area contributed by atoms with Crippen LogP contribution in [0.15, 0.2) is 77.8 Å². The maximum Gasteiger partial charge on any atom is 0.256 e. The lowest BCUT2D eigenvalue weighted by Gasteiger charge is -2.28. The fraction of sp³-hybridized carbons (Fsp3) is 0.250. The molecule has 4 rings (SSSR count). The molecular formula is C24H25N3O3S. The van der Waals surface area contributed by atoms with Crippen molar-refractivity contribution < 1.29 is 13.2 Å². The molecule has 1 fully saturated rings. The van der Waals surface area contributed by atoms with Crippen molar-refractivity contribution in [3.63, 3.8) is 0 Å². The van der Waals surface area contributed by atoms with Gasteiger partial charge in [0.25, 0.3) is 5.91 Å². The zero-order chi connectivity index (χ0) is 21.7. The van der Waals surface area contributed by atoms with Crippen molar-refractivity contribution in [2.24, 2.45) is 0 Å². The molecule has 1 saturated heterocycles. The van der Waals surface area contributed by atoms with Crippen molar-refractivity contribution in [1.29, 1.82) is 0 Å². The molecule has 0 radical (unpaired) electrons. The highest BCUT2D eigenvalue weighted by atomic mass is 32.2. The fourth-order valence-corrected chi connectivity index (χ4v) is 5.08. The van der Waals surface area contributed by atoms with Gasteiger partial charge in [0, 0.05) is 18.7 Å². The number of hydrogen-bond acceptors (Lipinski definition) is 5. The number of sulfone groups is 1. The molecule has 0 aliphatic carbocycles. The predicted octanol–water partition coefficient (Wildman–Crippen LogP) is 4.30. The van der Waals surface area contributed by atoms with E-state index in [4.69, 9.17) is 0 Å². The Morgan fingerprint density at radius 1 is 0.935 bits per heavy atom. The Balaban J connectivity index is 1.43. The summed E-state index contributed by atoms with van der Waals surface area (Å²) < 4.78 is 25.2. The molecule has 1 aromatic heterocycles. The Kier molecular flexibility index (Phi) is 6.32. The van der Waals surface area contributed by atoms with Crippen LogP contribution in [-0.2, 0) is 15.6 Å². The summed E-state index contributed by atoms with van der Waals surface area (Å²) in [6, 6.07) is 18.8. The monoisotopic (exact) mass is 435 g/mol. The molecule has 1 aliphatic rings. The summed E-state index contributed by atoms with van der Waals surface area (Å²) in [5.74, 6) is -0.0220. The van der Waals surface area contributed by atoms with Gasteiger partial charge >= 0.3 is 0 Å². The molecule has 1 amide bonds. The highest BCUT2D eigenvalue weighted by Crippen LogP contribution is 2.21. The number of benzene rings is 2. The van der Waals surface area contributed by atoms with Gasteiger partial charge in [0.05, 0.1) is 22.5 Å². The minimum absolute atomic E-state index is 0.166. The Bertz CT molecular complexity index is 1140. The van der Waals surface area contributed by atoms with Gasteiger partial charge in [0.1, 0.15) is 5.82 Å². The van der Waals surface area contributed by atoms with Crippen molar-refractivity contribution in [2.75, 3.05) is 23.3 Å². The average molecular weight is 436 g/mol. The van der Waals surface area contributed by atoms with E-state index in [1.54, 1.807) is 66.9 Å². The zero-order valence-corrected chi connectivity index (χ0v) is 18.0. The summed E-state index contributed by atoms with van der Waals surface area (Å²) >= 11 is 0. The van der Waals surface area contributed by atoms with Gasteiger partial charge in [0.15, 0.2) is 9.84 Å². The molecule has 0 bridgehead atoms. The van der Waals surface area contributed by atoms with Crippen LogP contribution < -0.4 is 10.2 Å². The minimum Gasteiger partial charge on any atom is -0.370 e. The Morgan fingerprint density at radius 3 is 2.42 bits per heavy atom. The highest BCUT2D eigenvalue weighted by molar-refractivity contribution is 7.90. The molecule has 2 aromatic carbocycles. The molecule has 0 spiro atoms. The number of carbonyl (C=O) groups excluding carboxylic acids is 1. The first-order chi connectivity index (χ1) is 15.0. The van der Waals surface area contributed by atoms with Crippen LogP contribution in [0, 0.1) is 0 Å². The van der Waals surface area contributed by atoms with Crippen molar-refractivity contribution in [3.05, 3.63) is 84.1 Å². The number of pyridine rings is 1. The van der Waals surface area contributed by atoms with E-state index < -0.39 is 9.84 Å². The SMILES string of the molecule is O=C(Nc1ccc(N2CCCCC2)cn1)c1cccc(CS(=O)(=O)c2ccccc2)c1. The van der Waals surface area contributed by atoms with Gasteiger partial charge in [-0.3, -0.25) is 4.79 Å². The molecular weight excluding hydrogens is 410 g/mol. The third kappa shape index (κ3) is 5.30. The number of nitrogens with zero attached hydrogens (tertiary/aromatic N) is 2. The molecule has 0 unspecified atom stereocenters. The topological polar surface area (TPSA) is 79.4 Å². The molecule has 7 heteroatoms. The van der Waals surface area contributed by atoms with Gasteiger partial charge in [-0.2, -0.15) is 0 Å². The number of rotatable bonds is 6. The standard InChI is InChI=1S/C24H25N3O3S/c28-24(26-23-13-12-21(17-25-23)27-14-5-2-6-15-27)20-9-7-8-19(16-20)18-31(29,30)22-10-3-1-4-11-22/h1,3-4,7-13,16-17H,2,5-6,14-15,18H2,(H,25,26,28). The van der Waals surface area contributed by atoms with E-state index in [-0.39, 0.29) is 16.6 Å². The summed E-state index contributed by atoms with van der Waals surface area (Å²) in [4.78, 5) is 19.6. The third-order valence-electron chi connectivity index (χ3n) is 5.36. The highest BCUT2D eigenvalue weighted by Gasteiger charge is 2.16. The molecule has 31 heavy (non-hydrogen) atoms. The summed E-state index contributed by atoms with van der Waals surface area (Å²) in [5.41, 5.74) is 2.01. The number of aromatic nitrogens is 1. The van der Waals surface area contributed by atoms with E-state index in [1.807, 2.05) is 6.07 Å². The average Bonchev–Trinajstić information content (AvgIpc) is 2.81. The second-order valence-electron chi connectivity index (χ2n) is 7.68. The minimum atomic E-state index is -3.48. The summed E-state index contributed by atoms with van der Waals surface area (Å²) in [6.07, 6.45) is 5.43. The van der Waals surface area contributed by atoms with E-state index in [9.17, 15) is 13.2 Å². The van der Waals surface area contributed by atoms with Crippen molar-refractivity contribution in [1.82, 2.24) is 4.98 Å². The molecule has 1 N–H and O–H groups in total. The van der Waals surface area contributed by atoms with Gasteiger partial charge < -0.3 is 10.2 Å². The summed E-state index contributed by atoms with van der Waals surface area (Å²) in [6.45, 7) is 2.07. The van der Waals surface area contributed by atoms with Gasteiger partial charge in [-0.25, -0.2) is 13.4 Å². The van der Waals surface area contributed by atoms with E-state index in [0.29, 0.717) is 16.9 Å². The zero-order valence-electron chi connectivity index (χ0n) is 17.2. The molecule has 0 atom stereocenters. The van der Waals surface area contributed by atoms with Crippen molar-refractivity contribution >= 4 is 27.2 Å². The number of anilines is 2. The molecule has 2 heterocycles. The van der Waals surface area contributed by atoms with Crippen molar-refractivity contribution in [2.45, 2.75) is 29.9 Å². The molecule has 160 valence electrons. The number of carbonyl (C=O) groups is 1. The quantitative estimate of drug-likeness (QED) is 0.625. The predicted molar refractivity (Wildman–Crippen MR) is 122 cm³/mol. The number of piperidine rings is 1. The van der Waals surface area contributed by atoms with Crippen LogP contribution in [0.2, 0.25) is 0 Å². The molecule has 1 aliphatic heterocycles. The first-order valence-electron chi connectivity index (χ1n) is 10.4. The van der Waals surface area contributed by atoms with Crippen LogP contribution >= 0.6 is 0 Å². The van der Waals surface area contributed by atoms with E-state index >= 15 is 0 Å². The van der Waals surface area contributed by atoms with Crippen LogP contribution in [-0.4, -0.2) is 32.4 Å². The second kappa shape index (κ2) is 9.31. The van der Waals surface area contributed by atoms with Crippen LogP contribution in [0.5, 0.6) is 0 Å². The fourth-order valence-electron chi connectivity index (χ4n) is 3.72. The van der Waals surface area contributed by atoms with E-state index in [1.165, 1.54) is 19.3 Å². The summed E-state index contributed by atoms with van der Waals surface area (Å²) in [5, 5.41) is 2.79. The number of hydrogen-bond donors (Lipinski definition) is 1. The smallest absolute Gasteiger partial charge is 0.256 e. The van der Waals surface area contributed by atoms with E-state index in [2.05, 4.69) is 15.2 Å². The van der Waals surface area contributed by atoms with Crippen LogP contribution in [0.25, 0.3) is 0 Å². The molecule has 3 aromatic rings. The Labute approximate surface area is 182 Å². The Morgan fingerprint density at radius 2 is 1.71 bits per heavy atom.